The van der Waals surface area contributed by atoms with Crippen molar-refractivity contribution in [3.05, 3.63) is 40.0 Å². The first-order valence-electron chi connectivity index (χ1n) is 6.10. The van der Waals surface area contributed by atoms with E-state index in [1.807, 2.05) is 18.2 Å². The summed E-state index contributed by atoms with van der Waals surface area (Å²) in [5.74, 6) is 1.91. The standard InChI is InChI=1S/C13H16BrN3O2/c1-3-15-7-10-6-11(14)4-5-12(10)18-8-13-16-9(2)17-19-13/h4-6,15H,3,7-8H2,1-2H3. The quantitative estimate of drug-likeness (QED) is 0.884. The van der Waals surface area contributed by atoms with Gasteiger partial charge in [0.05, 0.1) is 0 Å². The van der Waals surface area contributed by atoms with Gasteiger partial charge in [-0.2, -0.15) is 4.98 Å². The molecular formula is C13H16BrN3O2. The van der Waals surface area contributed by atoms with Gasteiger partial charge in [0, 0.05) is 16.6 Å². The van der Waals surface area contributed by atoms with Gasteiger partial charge in [-0.1, -0.05) is 28.0 Å². The monoisotopic (exact) mass is 325 g/mol. The number of hydrogen-bond acceptors (Lipinski definition) is 5. The average molecular weight is 326 g/mol. The minimum atomic E-state index is 0.279. The number of nitrogens with zero attached hydrogens (tertiary/aromatic N) is 2. The predicted octanol–water partition coefficient (Wildman–Crippen LogP) is 2.83. The first-order chi connectivity index (χ1) is 9.19. The lowest BCUT2D eigenvalue weighted by Gasteiger charge is -2.11. The number of aryl methyl sites for hydroxylation is 1. The van der Waals surface area contributed by atoms with Crippen LogP contribution in [-0.4, -0.2) is 16.7 Å². The molecule has 1 aromatic carbocycles. The number of ether oxygens (including phenoxy) is 1. The molecule has 0 unspecified atom stereocenters. The molecule has 0 atom stereocenters. The van der Waals surface area contributed by atoms with Gasteiger partial charge in [0.2, 0.25) is 0 Å². The topological polar surface area (TPSA) is 60.2 Å². The fourth-order valence-electron chi connectivity index (χ4n) is 1.62. The molecule has 1 N–H and O–H groups in total. The SMILES string of the molecule is CCNCc1cc(Br)ccc1OCc1nc(C)no1. The lowest BCUT2D eigenvalue weighted by molar-refractivity contribution is 0.240. The van der Waals surface area contributed by atoms with E-state index in [9.17, 15) is 0 Å². The molecule has 0 radical (unpaired) electrons. The molecule has 0 amide bonds. The summed E-state index contributed by atoms with van der Waals surface area (Å²) < 4.78 is 11.8. The largest absolute Gasteiger partial charge is 0.483 e. The van der Waals surface area contributed by atoms with Crippen molar-refractivity contribution in [3.8, 4) is 5.75 Å². The Kier molecular flexibility index (Phi) is 4.93. The van der Waals surface area contributed by atoms with Crippen molar-refractivity contribution in [1.29, 1.82) is 0 Å². The van der Waals surface area contributed by atoms with E-state index in [1.165, 1.54) is 0 Å². The summed E-state index contributed by atoms with van der Waals surface area (Å²) in [5, 5.41) is 7.01. The molecule has 0 spiro atoms. The second-order valence-electron chi connectivity index (χ2n) is 4.06. The van der Waals surface area contributed by atoms with Gasteiger partial charge in [0.1, 0.15) is 5.75 Å². The first kappa shape index (κ1) is 14.0. The number of halogens is 1. The molecule has 2 rings (SSSR count). The number of hydrogen-bond donors (Lipinski definition) is 1. The van der Waals surface area contributed by atoms with Crippen LogP contribution in [0.25, 0.3) is 0 Å². The number of benzene rings is 1. The highest BCUT2D eigenvalue weighted by atomic mass is 79.9. The molecule has 1 aromatic heterocycles. The van der Waals surface area contributed by atoms with Gasteiger partial charge < -0.3 is 14.6 Å². The van der Waals surface area contributed by atoms with Crippen molar-refractivity contribution in [2.75, 3.05) is 6.54 Å². The predicted molar refractivity (Wildman–Crippen MR) is 74.9 cm³/mol. The Bertz CT molecular complexity index is 542. The van der Waals surface area contributed by atoms with Crippen LogP contribution in [-0.2, 0) is 13.2 Å². The highest BCUT2D eigenvalue weighted by molar-refractivity contribution is 9.10. The van der Waals surface area contributed by atoms with Gasteiger partial charge in [-0.25, -0.2) is 0 Å². The van der Waals surface area contributed by atoms with Crippen LogP contribution in [0.15, 0.2) is 27.2 Å². The second-order valence-corrected chi connectivity index (χ2v) is 4.97. The van der Waals surface area contributed by atoms with E-state index in [0.717, 1.165) is 28.9 Å². The molecule has 0 aliphatic rings. The maximum Gasteiger partial charge on any atom is 0.264 e. The Morgan fingerprint density at radius 2 is 2.26 bits per heavy atom. The zero-order valence-electron chi connectivity index (χ0n) is 10.9. The van der Waals surface area contributed by atoms with Gasteiger partial charge in [0.15, 0.2) is 12.4 Å². The third kappa shape index (κ3) is 4.04. The Hall–Kier alpha value is -1.40. The van der Waals surface area contributed by atoms with Crippen molar-refractivity contribution in [2.45, 2.75) is 27.0 Å². The van der Waals surface area contributed by atoms with Gasteiger partial charge in [0.25, 0.3) is 5.89 Å². The van der Waals surface area contributed by atoms with Crippen molar-refractivity contribution in [3.63, 3.8) is 0 Å². The maximum atomic E-state index is 5.73. The zero-order chi connectivity index (χ0) is 13.7. The normalized spacial score (nSPS) is 10.7. The number of nitrogens with one attached hydrogen (secondary N) is 1. The molecule has 102 valence electrons. The highest BCUT2D eigenvalue weighted by Gasteiger charge is 2.08. The zero-order valence-corrected chi connectivity index (χ0v) is 12.5. The van der Waals surface area contributed by atoms with E-state index in [-0.39, 0.29) is 6.61 Å². The summed E-state index contributed by atoms with van der Waals surface area (Å²) in [6, 6.07) is 5.92. The minimum absolute atomic E-state index is 0.279. The van der Waals surface area contributed by atoms with Crippen LogP contribution in [0.2, 0.25) is 0 Å². The van der Waals surface area contributed by atoms with E-state index >= 15 is 0 Å². The molecule has 19 heavy (non-hydrogen) atoms. The van der Waals surface area contributed by atoms with Crippen molar-refractivity contribution in [2.24, 2.45) is 0 Å². The molecule has 1 heterocycles. The molecule has 0 aliphatic heterocycles. The van der Waals surface area contributed by atoms with E-state index in [0.29, 0.717) is 11.7 Å². The molecule has 0 bridgehead atoms. The second kappa shape index (κ2) is 6.68. The average Bonchev–Trinajstić information content (AvgIpc) is 2.81. The Balaban J connectivity index is 2.05. The molecule has 0 fully saturated rings. The van der Waals surface area contributed by atoms with Crippen LogP contribution in [0.3, 0.4) is 0 Å². The van der Waals surface area contributed by atoms with Crippen molar-refractivity contribution in [1.82, 2.24) is 15.5 Å². The fourth-order valence-corrected chi connectivity index (χ4v) is 2.03. The highest BCUT2D eigenvalue weighted by Crippen LogP contribution is 2.24. The molecule has 0 saturated carbocycles. The number of aromatic nitrogens is 2. The van der Waals surface area contributed by atoms with Crippen molar-refractivity contribution >= 4 is 15.9 Å². The Labute approximate surface area is 120 Å². The van der Waals surface area contributed by atoms with Crippen LogP contribution >= 0.6 is 15.9 Å². The van der Waals surface area contributed by atoms with Crippen LogP contribution in [0.5, 0.6) is 5.75 Å². The smallest absolute Gasteiger partial charge is 0.264 e. The third-order valence-corrected chi connectivity index (χ3v) is 3.00. The molecule has 0 aliphatic carbocycles. The van der Waals surface area contributed by atoms with Gasteiger partial charge in [-0.3, -0.25) is 0 Å². The van der Waals surface area contributed by atoms with Gasteiger partial charge >= 0.3 is 0 Å². The third-order valence-electron chi connectivity index (χ3n) is 2.51. The fraction of sp³-hybridized carbons (Fsp3) is 0.385. The summed E-state index contributed by atoms with van der Waals surface area (Å²) in [6.45, 7) is 5.80. The maximum absolute atomic E-state index is 5.73. The molecule has 2 aromatic rings. The van der Waals surface area contributed by atoms with Gasteiger partial charge in [-0.15, -0.1) is 0 Å². The summed E-state index contributed by atoms with van der Waals surface area (Å²) >= 11 is 3.46. The molecular weight excluding hydrogens is 310 g/mol. The Morgan fingerprint density at radius 1 is 1.42 bits per heavy atom. The first-order valence-corrected chi connectivity index (χ1v) is 6.89. The van der Waals surface area contributed by atoms with Crippen LogP contribution in [0, 0.1) is 6.92 Å². The summed E-state index contributed by atoms with van der Waals surface area (Å²) in [6.07, 6.45) is 0. The molecule has 5 nitrogen and oxygen atoms in total. The minimum Gasteiger partial charge on any atom is -0.483 e. The molecule has 0 saturated heterocycles. The molecule has 6 heteroatoms. The van der Waals surface area contributed by atoms with E-state index in [2.05, 4.69) is 38.3 Å². The van der Waals surface area contributed by atoms with E-state index in [4.69, 9.17) is 9.26 Å². The number of rotatable bonds is 6. The van der Waals surface area contributed by atoms with Gasteiger partial charge in [-0.05, 0) is 31.7 Å². The summed E-state index contributed by atoms with van der Waals surface area (Å²) in [4.78, 5) is 4.11. The van der Waals surface area contributed by atoms with Crippen molar-refractivity contribution < 1.29 is 9.26 Å². The van der Waals surface area contributed by atoms with Crippen LogP contribution in [0.4, 0.5) is 0 Å². The summed E-state index contributed by atoms with van der Waals surface area (Å²) in [5.41, 5.74) is 1.09. The lowest BCUT2D eigenvalue weighted by Crippen LogP contribution is -2.13. The van der Waals surface area contributed by atoms with E-state index < -0.39 is 0 Å². The van der Waals surface area contributed by atoms with E-state index in [1.54, 1.807) is 6.92 Å². The van der Waals surface area contributed by atoms with Crippen LogP contribution in [0.1, 0.15) is 24.2 Å². The van der Waals surface area contributed by atoms with Crippen LogP contribution < -0.4 is 10.1 Å². The summed E-state index contributed by atoms with van der Waals surface area (Å²) in [7, 11) is 0. The Morgan fingerprint density at radius 3 is 2.95 bits per heavy atom. The lowest BCUT2D eigenvalue weighted by atomic mass is 10.2.